The molecule has 0 spiro atoms. The molecule has 1 aromatic heterocycles. The molecule has 1 fully saturated rings. The van der Waals surface area contributed by atoms with E-state index in [0.717, 1.165) is 24.0 Å². The maximum absolute atomic E-state index is 11.6. The van der Waals surface area contributed by atoms with Gasteiger partial charge in [-0.25, -0.2) is 9.78 Å². The number of carboxylic acids is 1. The van der Waals surface area contributed by atoms with E-state index in [1.165, 1.54) is 11.8 Å². The van der Waals surface area contributed by atoms with Crippen molar-refractivity contribution in [3.63, 3.8) is 0 Å². The van der Waals surface area contributed by atoms with Gasteiger partial charge >= 0.3 is 12.1 Å². The Hall–Kier alpha value is -3.81. The molecule has 1 saturated heterocycles. The fourth-order valence-corrected chi connectivity index (χ4v) is 4.72. The summed E-state index contributed by atoms with van der Waals surface area (Å²) in [5.74, 6) is -1.57. The number of pyridine rings is 1. The molecule has 202 valence electrons. The zero-order chi connectivity index (χ0) is 28.3. The van der Waals surface area contributed by atoms with Gasteiger partial charge in [0.15, 0.2) is 0 Å². The van der Waals surface area contributed by atoms with Crippen molar-refractivity contribution < 1.29 is 27.9 Å². The van der Waals surface area contributed by atoms with E-state index in [2.05, 4.69) is 22.4 Å². The van der Waals surface area contributed by atoms with Crippen molar-refractivity contribution in [3.05, 3.63) is 52.6 Å². The molecule has 0 saturated carbocycles. The molecule has 1 amide bonds. The van der Waals surface area contributed by atoms with Crippen molar-refractivity contribution in [2.45, 2.75) is 49.2 Å². The van der Waals surface area contributed by atoms with Crippen molar-refractivity contribution in [1.82, 2.24) is 10.3 Å². The Balaban J connectivity index is 0.000000638. The minimum atomic E-state index is -5.08. The number of carbonyl (C=O) groups is 2. The van der Waals surface area contributed by atoms with Crippen LogP contribution in [0.4, 0.5) is 19.0 Å². The molecule has 0 unspecified atom stereocenters. The van der Waals surface area contributed by atoms with Crippen LogP contribution in [0.3, 0.4) is 0 Å². The van der Waals surface area contributed by atoms with Crippen LogP contribution >= 0.6 is 11.8 Å². The first-order valence-corrected chi connectivity index (χ1v) is 12.6. The van der Waals surface area contributed by atoms with Crippen LogP contribution in [0.1, 0.15) is 42.0 Å². The standard InChI is InChI=1S/C23H26N6OS.C2HF3O2/c1-2-18-19(12-24)22(29-10-8-17(9-11-29)27-21(30)14-26)28-23(20(18)13-25)31-15-16-6-4-3-5-7-16;3-2(4,5)1(6)7/h3-7,17H,2,8-11,14-15,26H2,1H3,(H,27,30);(H,6,7). The molecule has 1 aliphatic heterocycles. The number of nitrogens with two attached hydrogens (primary N) is 1. The number of piperidine rings is 1. The number of benzene rings is 1. The summed E-state index contributed by atoms with van der Waals surface area (Å²) in [4.78, 5) is 27.4. The number of nitriles is 2. The van der Waals surface area contributed by atoms with Gasteiger partial charge in [0.2, 0.25) is 5.91 Å². The van der Waals surface area contributed by atoms with Crippen molar-refractivity contribution in [2.75, 3.05) is 24.5 Å². The van der Waals surface area contributed by atoms with E-state index in [1.807, 2.05) is 37.3 Å². The number of nitrogens with one attached hydrogen (secondary N) is 1. The predicted octanol–water partition coefficient (Wildman–Crippen LogP) is 3.36. The smallest absolute Gasteiger partial charge is 0.475 e. The monoisotopic (exact) mass is 548 g/mol. The van der Waals surface area contributed by atoms with Gasteiger partial charge in [0.1, 0.15) is 23.0 Å². The van der Waals surface area contributed by atoms with Gasteiger partial charge in [0.05, 0.1) is 17.7 Å². The normalized spacial score (nSPS) is 13.5. The summed E-state index contributed by atoms with van der Waals surface area (Å²) in [6.45, 7) is 3.29. The largest absolute Gasteiger partial charge is 0.490 e. The van der Waals surface area contributed by atoms with Crippen LogP contribution in [0.15, 0.2) is 35.4 Å². The summed E-state index contributed by atoms with van der Waals surface area (Å²) in [7, 11) is 0. The third kappa shape index (κ3) is 8.36. The number of hydrogen-bond donors (Lipinski definition) is 3. The van der Waals surface area contributed by atoms with E-state index < -0.39 is 12.1 Å². The third-order valence-corrected chi connectivity index (χ3v) is 6.68. The van der Waals surface area contributed by atoms with Crippen molar-refractivity contribution in [2.24, 2.45) is 5.73 Å². The lowest BCUT2D eigenvalue weighted by Gasteiger charge is -2.34. The van der Waals surface area contributed by atoms with E-state index in [0.29, 0.717) is 47.2 Å². The first-order valence-electron chi connectivity index (χ1n) is 11.6. The highest BCUT2D eigenvalue weighted by atomic mass is 32.2. The summed E-state index contributed by atoms with van der Waals surface area (Å²) >= 11 is 1.52. The Labute approximate surface area is 222 Å². The van der Waals surface area contributed by atoms with Crippen molar-refractivity contribution in [1.29, 1.82) is 10.5 Å². The van der Waals surface area contributed by atoms with Crippen molar-refractivity contribution in [3.8, 4) is 12.1 Å². The number of carboxylic acid groups (broad SMARTS) is 1. The van der Waals surface area contributed by atoms with Gasteiger partial charge in [0, 0.05) is 24.9 Å². The summed E-state index contributed by atoms with van der Waals surface area (Å²) in [6.07, 6.45) is -2.98. The molecule has 0 radical (unpaired) electrons. The number of aromatic nitrogens is 1. The zero-order valence-corrected chi connectivity index (χ0v) is 21.4. The number of anilines is 1. The Morgan fingerprint density at radius 1 is 1.18 bits per heavy atom. The molecule has 0 atom stereocenters. The highest BCUT2D eigenvalue weighted by Gasteiger charge is 2.38. The number of carbonyl (C=O) groups excluding carboxylic acids is 1. The third-order valence-electron chi connectivity index (χ3n) is 5.63. The van der Waals surface area contributed by atoms with Crippen LogP contribution in [0.5, 0.6) is 0 Å². The first-order chi connectivity index (χ1) is 18.0. The van der Waals surface area contributed by atoms with Crippen LogP contribution < -0.4 is 16.0 Å². The highest BCUT2D eigenvalue weighted by Crippen LogP contribution is 2.34. The van der Waals surface area contributed by atoms with Gasteiger partial charge in [-0.1, -0.05) is 37.3 Å². The van der Waals surface area contributed by atoms with Crippen LogP contribution in [-0.2, 0) is 21.8 Å². The first kappa shape index (κ1) is 30.4. The number of nitrogens with zero attached hydrogens (tertiary/aromatic N) is 4. The summed E-state index contributed by atoms with van der Waals surface area (Å²) in [5.41, 5.74) is 8.27. The van der Waals surface area contributed by atoms with E-state index in [-0.39, 0.29) is 18.5 Å². The maximum atomic E-state index is 11.6. The second kappa shape index (κ2) is 14.2. The van der Waals surface area contributed by atoms with Crippen LogP contribution in [0.2, 0.25) is 0 Å². The molecule has 0 aliphatic carbocycles. The topological polar surface area (TPSA) is 156 Å². The SMILES string of the molecule is CCc1c(C#N)c(SCc2ccccc2)nc(N2CCC(NC(=O)CN)CC2)c1C#N.O=C(O)C(F)(F)F. The molecule has 1 aliphatic rings. The fraction of sp³-hybridized carbons (Fsp3) is 0.400. The Bertz CT molecular complexity index is 1200. The van der Waals surface area contributed by atoms with Crippen LogP contribution in [0, 0.1) is 22.7 Å². The van der Waals surface area contributed by atoms with Crippen LogP contribution in [0.25, 0.3) is 0 Å². The second-order valence-electron chi connectivity index (χ2n) is 8.16. The number of thioether (sulfide) groups is 1. The Kier molecular flexibility index (Phi) is 11.4. The average molecular weight is 549 g/mol. The lowest BCUT2D eigenvalue weighted by molar-refractivity contribution is -0.192. The average Bonchev–Trinajstić information content (AvgIpc) is 2.91. The van der Waals surface area contributed by atoms with E-state index in [9.17, 15) is 28.5 Å². The molecule has 0 bridgehead atoms. The number of alkyl halides is 3. The van der Waals surface area contributed by atoms with E-state index >= 15 is 0 Å². The molecule has 3 rings (SSSR count). The number of aliphatic carboxylic acids is 1. The fourth-order valence-electron chi connectivity index (χ4n) is 3.76. The van der Waals surface area contributed by atoms with Gasteiger partial charge in [-0.3, -0.25) is 4.79 Å². The van der Waals surface area contributed by atoms with E-state index in [1.54, 1.807) is 0 Å². The van der Waals surface area contributed by atoms with Gasteiger partial charge in [-0.05, 0) is 30.4 Å². The molecular weight excluding hydrogens is 521 g/mol. The molecule has 2 heterocycles. The summed E-state index contributed by atoms with van der Waals surface area (Å²) in [6, 6.07) is 14.7. The summed E-state index contributed by atoms with van der Waals surface area (Å²) < 4.78 is 31.7. The van der Waals surface area contributed by atoms with Gasteiger partial charge in [0.25, 0.3) is 0 Å². The maximum Gasteiger partial charge on any atom is 0.490 e. The lowest BCUT2D eigenvalue weighted by Crippen LogP contribution is -2.46. The minimum Gasteiger partial charge on any atom is -0.475 e. The predicted molar refractivity (Wildman–Crippen MR) is 135 cm³/mol. The molecule has 13 heteroatoms. The number of halogens is 3. The summed E-state index contributed by atoms with van der Waals surface area (Å²) in [5, 5.41) is 30.4. The van der Waals surface area contributed by atoms with E-state index in [4.69, 9.17) is 20.6 Å². The van der Waals surface area contributed by atoms with Gasteiger partial charge in [-0.15, -0.1) is 11.8 Å². The quantitative estimate of drug-likeness (QED) is 0.442. The lowest BCUT2D eigenvalue weighted by atomic mass is 10.00. The number of amides is 1. The van der Waals surface area contributed by atoms with Gasteiger partial charge < -0.3 is 21.1 Å². The highest BCUT2D eigenvalue weighted by molar-refractivity contribution is 7.98. The van der Waals surface area contributed by atoms with Gasteiger partial charge in [-0.2, -0.15) is 23.7 Å². The Morgan fingerprint density at radius 2 is 1.76 bits per heavy atom. The molecule has 4 N–H and O–H groups in total. The second-order valence-corrected chi connectivity index (χ2v) is 9.12. The molecule has 1 aromatic carbocycles. The van der Waals surface area contributed by atoms with Crippen LogP contribution in [-0.4, -0.2) is 53.8 Å². The molecule has 9 nitrogen and oxygen atoms in total. The number of rotatable bonds is 7. The minimum absolute atomic E-state index is 0.0160. The Morgan fingerprint density at radius 3 is 2.24 bits per heavy atom. The number of hydrogen-bond acceptors (Lipinski definition) is 8. The van der Waals surface area contributed by atoms with Crippen molar-refractivity contribution >= 4 is 29.5 Å². The molecule has 38 heavy (non-hydrogen) atoms. The molecular formula is C25H27F3N6O3S. The zero-order valence-electron chi connectivity index (χ0n) is 20.6. The molecule has 2 aromatic rings.